The second-order valence-corrected chi connectivity index (χ2v) is 7.22. The molecule has 0 bridgehead atoms. The van der Waals surface area contributed by atoms with Gasteiger partial charge in [0.15, 0.2) is 0 Å². The molecule has 0 atom stereocenters. The monoisotopic (exact) mass is 417 g/mol. The molecular formula is C22H22F3N3O2. The molecule has 30 heavy (non-hydrogen) atoms. The zero-order valence-corrected chi connectivity index (χ0v) is 16.8. The maximum absolute atomic E-state index is 12.7. The Bertz CT molecular complexity index is 987. The van der Waals surface area contributed by atoms with Crippen molar-refractivity contribution >= 4 is 11.7 Å². The van der Waals surface area contributed by atoms with Gasteiger partial charge in [-0.3, -0.25) is 4.79 Å². The maximum atomic E-state index is 12.7. The van der Waals surface area contributed by atoms with Crippen molar-refractivity contribution in [2.24, 2.45) is 5.92 Å². The van der Waals surface area contributed by atoms with Gasteiger partial charge in [0.05, 0.1) is 12.7 Å². The van der Waals surface area contributed by atoms with Crippen LogP contribution in [0.1, 0.15) is 43.2 Å². The van der Waals surface area contributed by atoms with Gasteiger partial charge in [0.1, 0.15) is 5.82 Å². The molecule has 8 heteroatoms. The lowest BCUT2D eigenvalue weighted by atomic mass is 9.89. The molecule has 0 spiro atoms. The smallest absolute Gasteiger partial charge is 0.471 e. The van der Waals surface area contributed by atoms with Crippen LogP contribution in [0.5, 0.6) is 5.88 Å². The third kappa shape index (κ3) is 5.29. The van der Waals surface area contributed by atoms with E-state index in [0.717, 1.165) is 36.8 Å². The summed E-state index contributed by atoms with van der Waals surface area (Å²) < 4.78 is 43.3. The first kappa shape index (κ1) is 21.6. The van der Waals surface area contributed by atoms with Crippen LogP contribution in [0.3, 0.4) is 0 Å². The van der Waals surface area contributed by atoms with Crippen molar-refractivity contribution in [2.75, 3.05) is 12.4 Å². The molecular weight excluding hydrogens is 395 g/mol. The highest BCUT2D eigenvalue weighted by molar-refractivity contribution is 5.95. The first-order valence-electron chi connectivity index (χ1n) is 9.68. The molecule has 2 heterocycles. The van der Waals surface area contributed by atoms with E-state index in [1.807, 2.05) is 12.2 Å². The van der Waals surface area contributed by atoms with E-state index >= 15 is 0 Å². The topological polar surface area (TPSA) is 64.1 Å². The van der Waals surface area contributed by atoms with Gasteiger partial charge in [0.2, 0.25) is 5.88 Å². The predicted octanol–water partition coefficient (Wildman–Crippen LogP) is 4.89. The first-order chi connectivity index (χ1) is 14.3. The molecule has 0 aromatic carbocycles. The number of aromatic nitrogens is 2. The fourth-order valence-corrected chi connectivity index (χ4v) is 3.36. The Hall–Kier alpha value is -3.08. The Morgan fingerprint density at radius 1 is 1.17 bits per heavy atom. The van der Waals surface area contributed by atoms with E-state index in [4.69, 9.17) is 4.74 Å². The number of amides is 1. The Kier molecular flexibility index (Phi) is 6.60. The van der Waals surface area contributed by atoms with Gasteiger partial charge in [-0.15, -0.1) is 0 Å². The van der Waals surface area contributed by atoms with Crippen molar-refractivity contribution in [3.63, 3.8) is 0 Å². The summed E-state index contributed by atoms with van der Waals surface area (Å²) in [5, 5.41) is 1.84. The van der Waals surface area contributed by atoms with Gasteiger partial charge < -0.3 is 10.1 Å². The van der Waals surface area contributed by atoms with Gasteiger partial charge in [-0.1, -0.05) is 31.1 Å². The van der Waals surface area contributed by atoms with E-state index in [-0.39, 0.29) is 17.3 Å². The third-order valence-corrected chi connectivity index (χ3v) is 5.00. The summed E-state index contributed by atoms with van der Waals surface area (Å²) in [5.74, 6) is 4.46. The highest BCUT2D eigenvalue weighted by atomic mass is 19.4. The van der Waals surface area contributed by atoms with Gasteiger partial charge >= 0.3 is 12.1 Å². The highest BCUT2D eigenvalue weighted by Crippen LogP contribution is 2.28. The molecule has 5 nitrogen and oxygen atoms in total. The van der Waals surface area contributed by atoms with Crippen molar-refractivity contribution in [3.8, 4) is 28.8 Å². The van der Waals surface area contributed by atoms with Gasteiger partial charge in [-0.05, 0) is 31.4 Å². The number of aryl methyl sites for hydroxylation is 1. The van der Waals surface area contributed by atoms with Gasteiger partial charge in [0.25, 0.3) is 0 Å². The number of methoxy groups -OCH3 is 1. The molecule has 1 fully saturated rings. The zero-order chi connectivity index (χ0) is 21.7. The number of hydrogen-bond acceptors (Lipinski definition) is 4. The van der Waals surface area contributed by atoms with Crippen LogP contribution >= 0.6 is 0 Å². The van der Waals surface area contributed by atoms with E-state index in [0.29, 0.717) is 11.4 Å². The largest absolute Gasteiger partial charge is 0.481 e. The number of carbonyl (C=O) groups is 1. The van der Waals surface area contributed by atoms with E-state index in [9.17, 15) is 18.0 Å². The van der Waals surface area contributed by atoms with Crippen LogP contribution in [-0.2, 0) is 4.79 Å². The number of carbonyl (C=O) groups excluding carboxylic acids is 1. The minimum absolute atomic E-state index is 0.193. The molecule has 2 aromatic heterocycles. The number of nitrogens with zero attached hydrogens (tertiary/aromatic N) is 2. The van der Waals surface area contributed by atoms with Crippen LogP contribution in [-0.4, -0.2) is 29.2 Å². The number of alkyl halides is 3. The summed E-state index contributed by atoms with van der Waals surface area (Å²) in [4.78, 5) is 19.7. The molecule has 0 aliphatic heterocycles. The molecule has 1 saturated carbocycles. The maximum Gasteiger partial charge on any atom is 0.471 e. The SMILES string of the molecule is COc1cc(C)c(-c2cnc(NC(=O)C(F)(F)F)c(C#CC3CCCCC3)c2)cn1. The van der Waals surface area contributed by atoms with Crippen LogP contribution in [0.2, 0.25) is 0 Å². The van der Waals surface area contributed by atoms with Crippen molar-refractivity contribution < 1.29 is 22.7 Å². The fraction of sp³-hybridized carbons (Fsp3) is 0.409. The number of nitrogens with one attached hydrogen (secondary N) is 1. The number of hydrogen-bond donors (Lipinski definition) is 1. The molecule has 1 amide bonds. The number of pyridine rings is 2. The van der Waals surface area contributed by atoms with Gasteiger partial charge in [-0.2, -0.15) is 13.2 Å². The second-order valence-electron chi connectivity index (χ2n) is 7.22. The third-order valence-electron chi connectivity index (χ3n) is 5.00. The normalized spacial score (nSPS) is 14.6. The summed E-state index contributed by atoms with van der Waals surface area (Å²) in [5.41, 5.74) is 2.49. The van der Waals surface area contributed by atoms with Crippen LogP contribution in [0, 0.1) is 24.7 Å². The van der Waals surface area contributed by atoms with Gasteiger partial charge in [0, 0.05) is 35.5 Å². The molecule has 0 saturated heterocycles. The molecule has 158 valence electrons. The summed E-state index contributed by atoms with van der Waals surface area (Å²) in [6.07, 6.45) is 3.28. The fourth-order valence-electron chi connectivity index (χ4n) is 3.36. The number of ether oxygens (including phenoxy) is 1. The predicted molar refractivity (Wildman–Crippen MR) is 107 cm³/mol. The van der Waals surface area contributed by atoms with Crippen LogP contribution < -0.4 is 10.1 Å². The summed E-state index contributed by atoms with van der Waals surface area (Å²) >= 11 is 0. The lowest BCUT2D eigenvalue weighted by Crippen LogP contribution is -2.30. The highest BCUT2D eigenvalue weighted by Gasteiger charge is 2.39. The lowest BCUT2D eigenvalue weighted by molar-refractivity contribution is -0.167. The van der Waals surface area contributed by atoms with Crippen molar-refractivity contribution in [1.82, 2.24) is 9.97 Å². The average molecular weight is 417 g/mol. The standard InChI is InChI=1S/C22H22F3N3O2/c1-14-10-19(30-2)26-13-18(14)17-11-16(9-8-15-6-4-3-5-7-15)20(27-12-17)28-21(29)22(23,24)25/h10-13,15H,3-7H2,1-2H3,(H,27,28,29). The summed E-state index contributed by atoms with van der Waals surface area (Å²) in [7, 11) is 1.51. The van der Waals surface area contributed by atoms with Crippen molar-refractivity contribution in [1.29, 1.82) is 0 Å². The number of anilines is 1. The minimum Gasteiger partial charge on any atom is -0.481 e. The molecule has 2 aromatic rings. The Labute approximate surface area is 173 Å². The molecule has 0 radical (unpaired) electrons. The minimum atomic E-state index is -5.01. The van der Waals surface area contributed by atoms with E-state index in [1.54, 1.807) is 18.3 Å². The summed E-state index contributed by atoms with van der Waals surface area (Å²) in [6.45, 7) is 1.87. The number of rotatable bonds is 3. The van der Waals surface area contributed by atoms with Crippen LogP contribution in [0.25, 0.3) is 11.1 Å². The Balaban J connectivity index is 1.99. The average Bonchev–Trinajstić information content (AvgIpc) is 2.73. The van der Waals surface area contributed by atoms with Crippen molar-refractivity contribution in [2.45, 2.75) is 45.2 Å². The molecule has 1 aliphatic rings. The second kappa shape index (κ2) is 9.16. The van der Waals surface area contributed by atoms with E-state index in [1.165, 1.54) is 19.7 Å². The molecule has 1 N–H and O–H groups in total. The quantitative estimate of drug-likeness (QED) is 0.722. The first-order valence-corrected chi connectivity index (χ1v) is 9.68. The lowest BCUT2D eigenvalue weighted by Gasteiger charge is -2.16. The van der Waals surface area contributed by atoms with Gasteiger partial charge in [-0.25, -0.2) is 9.97 Å². The molecule has 0 unspecified atom stereocenters. The zero-order valence-electron chi connectivity index (χ0n) is 16.8. The summed E-state index contributed by atoms with van der Waals surface area (Å²) in [6, 6.07) is 3.38. The Morgan fingerprint density at radius 3 is 2.53 bits per heavy atom. The van der Waals surface area contributed by atoms with Crippen molar-refractivity contribution in [3.05, 3.63) is 35.7 Å². The number of halogens is 3. The van der Waals surface area contributed by atoms with E-state index in [2.05, 4.69) is 21.8 Å². The molecule has 3 rings (SSSR count). The Morgan fingerprint density at radius 2 is 1.90 bits per heavy atom. The molecule has 1 aliphatic carbocycles. The van der Waals surface area contributed by atoms with E-state index < -0.39 is 12.1 Å². The van der Waals surface area contributed by atoms with Crippen LogP contribution in [0.4, 0.5) is 19.0 Å². The van der Waals surface area contributed by atoms with Crippen LogP contribution in [0.15, 0.2) is 24.5 Å².